The maximum Gasteiger partial charge on any atom is 0 e. The normalized spacial score (nSPS) is 10.5. The Kier molecular flexibility index (Phi) is 8.34. The summed E-state index contributed by atoms with van der Waals surface area (Å²) >= 11 is 6.64. The molecule has 10 heteroatoms. The van der Waals surface area contributed by atoms with E-state index < -0.39 is 5.97 Å². The molecule has 1 radical (unpaired) electrons. The van der Waals surface area contributed by atoms with Crippen LogP contribution in [0.2, 0.25) is 0 Å². The Balaban J connectivity index is 0.00000160. The fraction of sp³-hybridized carbons (Fsp3) is 0. The van der Waals surface area contributed by atoms with Gasteiger partial charge in [-0.3, -0.25) is 0 Å². The maximum absolute atomic E-state index is 12.2. The zero-order chi connectivity index (χ0) is 20.2. The first-order chi connectivity index (χ1) is 13.3. The number of benzene rings is 3. The molecule has 0 bridgehead atoms. The van der Waals surface area contributed by atoms with Crippen molar-refractivity contribution in [2.24, 2.45) is 0 Å². The monoisotopic (exact) mass is 730 g/mol. The van der Waals surface area contributed by atoms with Crippen molar-refractivity contribution in [1.29, 1.82) is 0 Å². The third-order valence-corrected chi connectivity index (χ3v) is 8.29. The molecule has 0 saturated heterocycles. The van der Waals surface area contributed by atoms with Crippen LogP contribution in [0.25, 0.3) is 33.4 Å². The first kappa shape index (κ1) is 25.5. The molecular formula is C20H11Br2HgNaO6. The van der Waals surface area contributed by atoms with Crippen molar-refractivity contribution in [2.45, 2.75) is 0 Å². The number of carbonyl (C=O) groups is 1. The Morgan fingerprint density at radius 1 is 1.03 bits per heavy atom. The number of aromatic hydroxyl groups is 1. The fourth-order valence-corrected chi connectivity index (χ4v) is 6.80. The summed E-state index contributed by atoms with van der Waals surface area (Å²) in [5.41, 5.74) is 2.13. The fourth-order valence-electron chi connectivity index (χ4n) is 3.22. The molecule has 1 aliphatic carbocycles. The van der Waals surface area contributed by atoms with Crippen LogP contribution in [0.15, 0.2) is 60.6 Å². The predicted octanol–water partition coefficient (Wildman–Crippen LogP) is 3.46. The zero-order valence-corrected chi connectivity index (χ0v) is 26.3. The molecule has 0 fully saturated rings. The van der Waals surface area contributed by atoms with Crippen LogP contribution in [-0.4, -0.2) is 51.2 Å². The van der Waals surface area contributed by atoms with Gasteiger partial charge in [0.25, 0.3) is 0 Å². The summed E-state index contributed by atoms with van der Waals surface area (Å²) in [4.78, 5) is 24.0. The van der Waals surface area contributed by atoms with Gasteiger partial charge in [0.1, 0.15) is 0 Å². The third kappa shape index (κ3) is 4.28. The van der Waals surface area contributed by atoms with Crippen molar-refractivity contribution < 1.29 is 51.0 Å². The number of rotatable bonds is 2. The van der Waals surface area contributed by atoms with Crippen LogP contribution < -0.4 is 8.50 Å². The van der Waals surface area contributed by atoms with Crippen molar-refractivity contribution in [2.75, 3.05) is 0 Å². The van der Waals surface area contributed by atoms with Gasteiger partial charge in [-0.15, -0.1) is 0 Å². The van der Waals surface area contributed by atoms with Gasteiger partial charge in [0.15, 0.2) is 0 Å². The Morgan fingerprint density at radius 2 is 1.70 bits per heavy atom. The second-order valence-electron chi connectivity index (χ2n) is 6.17. The predicted molar refractivity (Wildman–Crippen MR) is 118 cm³/mol. The van der Waals surface area contributed by atoms with E-state index >= 15 is 0 Å². The minimum atomic E-state index is -1.05. The van der Waals surface area contributed by atoms with E-state index in [4.69, 9.17) is 4.42 Å². The minimum absolute atomic E-state index is 0. The summed E-state index contributed by atoms with van der Waals surface area (Å²) in [7, 11) is 0. The van der Waals surface area contributed by atoms with Crippen LogP contribution in [0.1, 0.15) is 10.4 Å². The van der Waals surface area contributed by atoms with E-state index in [1.54, 1.807) is 30.3 Å². The van der Waals surface area contributed by atoms with E-state index in [2.05, 4.69) is 31.9 Å². The summed E-state index contributed by atoms with van der Waals surface area (Å²) in [6.07, 6.45) is 0. The smallest absolute Gasteiger partial charge is 0 e. The van der Waals surface area contributed by atoms with Gasteiger partial charge < -0.3 is 5.48 Å². The maximum atomic E-state index is 12.2. The van der Waals surface area contributed by atoms with Crippen LogP contribution in [0, 0.1) is 0 Å². The van der Waals surface area contributed by atoms with E-state index in [0.29, 0.717) is 45.4 Å². The quantitative estimate of drug-likeness (QED) is 0.242. The molecule has 0 spiro atoms. The van der Waals surface area contributed by atoms with Crippen LogP contribution in [-0.2, 0) is 26.1 Å². The molecule has 144 valence electrons. The average molecular weight is 731 g/mol. The van der Waals surface area contributed by atoms with E-state index in [1.165, 1.54) is 12.1 Å². The molecular weight excluding hydrogens is 720 g/mol. The summed E-state index contributed by atoms with van der Waals surface area (Å²) in [5.74, 6) is -0.606. The molecule has 1 heterocycles. The van der Waals surface area contributed by atoms with Crippen LogP contribution >= 0.6 is 31.9 Å². The number of phenols is 1. The molecule has 0 unspecified atom stereocenters. The average Bonchev–Trinajstić information content (AvgIpc) is 2.66. The van der Waals surface area contributed by atoms with Crippen LogP contribution in [0.3, 0.4) is 0 Å². The molecule has 30 heavy (non-hydrogen) atoms. The minimum Gasteiger partial charge on any atom is 0 e. The van der Waals surface area contributed by atoms with Gasteiger partial charge >= 0.3 is 193 Å². The van der Waals surface area contributed by atoms with Gasteiger partial charge in [-0.25, -0.2) is 0 Å². The molecule has 6 nitrogen and oxygen atoms in total. The SMILES string of the molecule is O.O=C(O)c1ccccc1-c1c2cc(Br)c(=O)cc-2oc2[c]([Hg])c(O)c(Br)cc12.[Na]. The zero-order valence-electron chi connectivity index (χ0n) is 15.6. The van der Waals surface area contributed by atoms with Gasteiger partial charge in [-0.2, -0.15) is 0 Å². The molecule has 1 aliphatic heterocycles. The van der Waals surface area contributed by atoms with Crippen molar-refractivity contribution >= 4 is 81.4 Å². The molecule has 2 aromatic carbocycles. The van der Waals surface area contributed by atoms with E-state index in [-0.39, 0.29) is 77.9 Å². The largest absolute Gasteiger partial charge is 0 e. The number of fused-ring (bicyclic) bond motifs is 2. The number of aromatic carboxylic acids is 1. The van der Waals surface area contributed by atoms with Gasteiger partial charge in [0.05, 0.1) is 0 Å². The Bertz CT molecular complexity index is 1320. The number of carboxylic acids is 1. The van der Waals surface area contributed by atoms with E-state index in [1.807, 2.05) is 0 Å². The van der Waals surface area contributed by atoms with Crippen LogP contribution in [0.5, 0.6) is 5.75 Å². The number of phenolic OH excluding ortho intramolecular Hbond substituents is 1. The first-order valence-electron chi connectivity index (χ1n) is 8.05. The number of halogens is 2. The molecule has 4 rings (SSSR count). The molecule has 0 amide bonds. The first-order valence-corrected chi connectivity index (χ1v) is 12.4. The topological polar surface area (TPSA) is 119 Å². The van der Waals surface area contributed by atoms with Crippen molar-refractivity contribution in [3.05, 3.63) is 67.2 Å². The standard InChI is InChI=1S/C20H9Br2O5.Hg.Na.H2O/c21-13-5-11-17(7-15(13)23)27-18-8-16(24)14(22)6-12(18)19(11)9-3-1-2-4-10(9)20(25)26;;;/h1-7,24H,(H,25,26);;;1H2. The van der Waals surface area contributed by atoms with Crippen LogP contribution in [0.4, 0.5) is 0 Å². The number of hydrogen-bond donors (Lipinski definition) is 2. The van der Waals surface area contributed by atoms with E-state index in [0.717, 1.165) is 0 Å². The molecule has 4 N–H and O–H groups in total. The van der Waals surface area contributed by atoms with Crippen molar-refractivity contribution in [3.8, 4) is 28.2 Å². The van der Waals surface area contributed by atoms with Crippen molar-refractivity contribution in [3.63, 3.8) is 0 Å². The van der Waals surface area contributed by atoms with E-state index in [9.17, 15) is 19.8 Å². The summed E-state index contributed by atoms with van der Waals surface area (Å²) < 4.78 is 7.55. The Labute approximate surface area is 225 Å². The molecule has 0 saturated carbocycles. The molecule has 0 atom stereocenters. The number of carboxylic acid groups (broad SMARTS) is 1. The Hall–Kier alpha value is -0.745. The second kappa shape index (κ2) is 9.81. The van der Waals surface area contributed by atoms with Gasteiger partial charge in [-0.1, -0.05) is 0 Å². The second-order valence-corrected chi connectivity index (χ2v) is 10.6. The Morgan fingerprint density at radius 3 is 2.37 bits per heavy atom. The van der Waals surface area contributed by atoms with Gasteiger partial charge in [0, 0.05) is 29.6 Å². The summed E-state index contributed by atoms with van der Waals surface area (Å²) in [5, 5.41) is 20.7. The molecule has 2 aromatic rings. The molecule has 2 aliphatic rings. The van der Waals surface area contributed by atoms with Gasteiger partial charge in [0.2, 0.25) is 0 Å². The number of hydrogen-bond acceptors (Lipinski definition) is 4. The third-order valence-electron chi connectivity index (χ3n) is 4.51. The van der Waals surface area contributed by atoms with Gasteiger partial charge in [-0.05, 0) is 0 Å². The van der Waals surface area contributed by atoms with Crippen molar-refractivity contribution in [1.82, 2.24) is 0 Å². The molecule has 0 aromatic heterocycles. The summed E-state index contributed by atoms with van der Waals surface area (Å²) in [6, 6.07) is 11.4. The summed E-state index contributed by atoms with van der Waals surface area (Å²) in [6.45, 7) is 0.